The largest absolute Gasteiger partial charge is 0.393 e. The minimum absolute atomic E-state index is 0.237. The fourth-order valence-electron chi connectivity index (χ4n) is 2.11. The predicted molar refractivity (Wildman–Crippen MR) is 59.9 cm³/mol. The van der Waals surface area contributed by atoms with Crippen LogP contribution in [0.3, 0.4) is 0 Å². The van der Waals surface area contributed by atoms with Crippen molar-refractivity contribution in [1.82, 2.24) is 0 Å². The Morgan fingerprint density at radius 1 is 1.50 bits per heavy atom. The summed E-state index contributed by atoms with van der Waals surface area (Å²) in [5.41, 5.74) is 7.04. The van der Waals surface area contributed by atoms with Crippen LogP contribution in [0.25, 0.3) is 0 Å². The van der Waals surface area contributed by atoms with Crippen molar-refractivity contribution in [3.8, 4) is 0 Å². The van der Waals surface area contributed by atoms with Crippen molar-refractivity contribution in [2.75, 3.05) is 0 Å². The molecule has 2 rings (SSSR count). The van der Waals surface area contributed by atoms with Crippen LogP contribution in [0.1, 0.15) is 24.8 Å². The lowest BCUT2D eigenvalue weighted by atomic mass is 9.89. The molecular weight excluding hydrogens is 242 g/mol. The molecule has 0 bridgehead atoms. The molecular formula is C11H14BrNO. The number of nitrogens with two attached hydrogens (primary N) is 1. The molecule has 76 valence electrons. The van der Waals surface area contributed by atoms with Crippen LogP contribution in [0.4, 0.5) is 0 Å². The van der Waals surface area contributed by atoms with Gasteiger partial charge in [-0.15, -0.1) is 0 Å². The van der Waals surface area contributed by atoms with Crippen LogP contribution in [0.15, 0.2) is 28.7 Å². The molecule has 1 fully saturated rings. The lowest BCUT2D eigenvalue weighted by Crippen LogP contribution is -2.34. The van der Waals surface area contributed by atoms with Gasteiger partial charge in [0.25, 0.3) is 0 Å². The Bertz CT molecular complexity index is 342. The first-order valence-corrected chi connectivity index (χ1v) is 5.62. The zero-order valence-corrected chi connectivity index (χ0v) is 9.50. The minimum atomic E-state index is -0.330. The fraction of sp³-hybridized carbons (Fsp3) is 0.455. The van der Waals surface area contributed by atoms with Gasteiger partial charge < -0.3 is 10.8 Å². The molecule has 3 heteroatoms. The summed E-state index contributed by atoms with van der Waals surface area (Å²) in [4.78, 5) is 0. The Labute approximate surface area is 92.3 Å². The highest BCUT2D eigenvalue weighted by atomic mass is 79.9. The maximum Gasteiger partial charge on any atom is 0.0561 e. The highest BCUT2D eigenvalue weighted by Gasteiger charge is 2.36. The molecule has 1 aliphatic rings. The zero-order valence-electron chi connectivity index (χ0n) is 7.91. The van der Waals surface area contributed by atoms with Gasteiger partial charge in [-0.2, -0.15) is 0 Å². The van der Waals surface area contributed by atoms with Gasteiger partial charge in [0, 0.05) is 10.0 Å². The standard InChI is InChI=1S/C11H14BrNO/c12-9-3-1-2-8(6-9)11(13)5-4-10(14)7-11/h1-3,6,10,14H,4-5,7,13H2. The van der Waals surface area contributed by atoms with Crippen molar-refractivity contribution in [3.05, 3.63) is 34.3 Å². The van der Waals surface area contributed by atoms with Gasteiger partial charge in [-0.05, 0) is 37.0 Å². The Hall–Kier alpha value is -0.380. The molecule has 1 aromatic carbocycles. The molecule has 0 radical (unpaired) electrons. The molecule has 1 aromatic rings. The third-order valence-corrected chi connectivity index (χ3v) is 3.42. The lowest BCUT2D eigenvalue weighted by Gasteiger charge is -2.24. The summed E-state index contributed by atoms with van der Waals surface area (Å²) in [7, 11) is 0. The van der Waals surface area contributed by atoms with E-state index in [-0.39, 0.29) is 11.6 Å². The van der Waals surface area contributed by atoms with Crippen LogP contribution in [0, 0.1) is 0 Å². The lowest BCUT2D eigenvalue weighted by molar-refractivity contribution is 0.174. The van der Waals surface area contributed by atoms with E-state index in [0.29, 0.717) is 6.42 Å². The molecule has 0 amide bonds. The van der Waals surface area contributed by atoms with E-state index < -0.39 is 0 Å². The molecule has 14 heavy (non-hydrogen) atoms. The van der Waals surface area contributed by atoms with Crippen molar-refractivity contribution >= 4 is 15.9 Å². The number of hydrogen-bond acceptors (Lipinski definition) is 2. The molecule has 0 spiro atoms. The van der Waals surface area contributed by atoms with Crippen LogP contribution in [0.5, 0.6) is 0 Å². The van der Waals surface area contributed by atoms with E-state index in [1.54, 1.807) is 0 Å². The zero-order chi connectivity index (χ0) is 10.2. The van der Waals surface area contributed by atoms with Gasteiger partial charge in [-0.3, -0.25) is 0 Å². The first kappa shape index (κ1) is 10.1. The molecule has 1 aliphatic carbocycles. The normalized spacial score (nSPS) is 32.1. The van der Waals surface area contributed by atoms with Gasteiger partial charge in [0.2, 0.25) is 0 Å². The molecule has 2 atom stereocenters. The quantitative estimate of drug-likeness (QED) is 0.808. The van der Waals surface area contributed by atoms with Gasteiger partial charge in [0.15, 0.2) is 0 Å². The topological polar surface area (TPSA) is 46.2 Å². The van der Waals surface area contributed by atoms with Crippen molar-refractivity contribution in [3.63, 3.8) is 0 Å². The van der Waals surface area contributed by atoms with Gasteiger partial charge in [-0.1, -0.05) is 28.1 Å². The minimum Gasteiger partial charge on any atom is -0.393 e. The maximum absolute atomic E-state index is 9.50. The smallest absolute Gasteiger partial charge is 0.0561 e. The van der Waals surface area contributed by atoms with Crippen LogP contribution in [0.2, 0.25) is 0 Å². The molecule has 0 heterocycles. The second-order valence-electron chi connectivity index (χ2n) is 4.06. The van der Waals surface area contributed by atoms with E-state index in [4.69, 9.17) is 5.73 Å². The third kappa shape index (κ3) is 1.85. The molecule has 0 aromatic heterocycles. The summed E-state index contributed by atoms with van der Waals surface area (Å²) in [5.74, 6) is 0. The number of halogens is 1. The van der Waals surface area contributed by atoms with Gasteiger partial charge in [0.1, 0.15) is 0 Å². The van der Waals surface area contributed by atoms with Crippen molar-refractivity contribution < 1.29 is 5.11 Å². The second-order valence-corrected chi connectivity index (χ2v) is 4.98. The summed E-state index contributed by atoms with van der Waals surface area (Å²) in [6, 6.07) is 8.04. The summed E-state index contributed by atoms with van der Waals surface area (Å²) in [5, 5.41) is 9.50. The average molecular weight is 256 g/mol. The summed E-state index contributed by atoms with van der Waals surface area (Å²) in [6.07, 6.45) is 2.11. The van der Waals surface area contributed by atoms with Crippen molar-refractivity contribution in [2.45, 2.75) is 30.9 Å². The van der Waals surface area contributed by atoms with Crippen LogP contribution in [-0.2, 0) is 5.54 Å². The van der Waals surface area contributed by atoms with Gasteiger partial charge >= 0.3 is 0 Å². The van der Waals surface area contributed by atoms with Crippen LogP contribution in [-0.4, -0.2) is 11.2 Å². The molecule has 3 N–H and O–H groups in total. The maximum atomic E-state index is 9.50. The van der Waals surface area contributed by atoms with E-state index >= 15 is 0 Å². The number of aliphatic hydroxyl groups excluding tert-OH is 1. The monoisotopic (exact) mass is 255 g/mol. The first-order valence-electron chi connectivity index (χ1n) is 4.83. The van der Waals surface area contributed by atoms with Crippen molar-refractivity contribution in [1.29, 1.82) is 0 Å². The number of hydrogen-bond donors (Lipinski definition) is 2. The number of aliphatic hydroxyl groups is 1. The molecule has 2 nitrogen and oxygen atoms in total. The van der Waals surface area contributed by atoms with E-state index in [1.807, 2.05) is 24.3 Å². The first-order chi connectivity index (χ1) is 6.60. The number of benzene rings is 1. The average Bonchev–Trinajstić information content (AvgIpc) is 2.48. The molecule has 2 unspecified atom stereocenters. The van der Waals surface area contributed by atoms with E-state index in [1.165, 1.54) is 0 Å². The van der Waals surface area contributed by atoms with Crippen LogP contribution < -0.4 is 5.73 Å². The van der Waals surface area contributed by atoms with E-state index in [2.05, 4.69) is 15.9 Å². The Morgan fingerprint density at radius 3 is 2.86 bits per heavy atom. The molecule has 0 saturated heterocycles. The van der Waals surface area contributed by atoms with Crippen molar-refractivity contribution in [2.24, 2.45) is 5.73 Å². The van der Waals surface area contributed by atoms with E-state index in [9.17, 15) is 5.11 Å². The third-order valence-electron chi connectivity index (χ3n) is 2.92. The molecule has 0 aliphatic heterocycles. The van der Waals surface area contributed by atoms with Gasteiger partial charge in [-0.25, -0.2) is 0 Å². The Kier molecular flexibility index (Phi) is 2.64. The van der Waals surface area contributed by atoms with Crippen LogP contribution >= 0.6 is 15.9 Å². The highest BCUT2D eigenvalue weighted by molar-refractivity contribution is 9.10. The predicted octanol–water partition coefficient (Wildman–Crippen LogP) is 2.15. The summed E-state index contributed by atoms with van der Waals surface area (Å²) >= 11 is 3.43. The molecule has 1 saturated carbocycles. The fourth-order valence-corrected chi connectivity index (χ4v) is 2.51. The Balaban J connectivity index is 2.30. The summed E-state index contributed by atoms with van der Waals surface area (Å²) < 4.78 is 1.04. The summed E-state index contributed by atoms with van der Waals surface area (Å²) in [6.45, 7) is 0. The van der Waals surface area contributed by atoms with E-state index in [0.717, 1.165) is 22.9 Å². The Morgan fingerprint density at radius 2 is 2.29 bits per heavy atom. The second kappa shape index (κ2) is 3.65. The number of rotatable bonds is 1. The highest BCUT2D eigenvalue weighted by Crippen LogP contribution is 2.37. The SMILES string of the molecule is NC1(c2cccc(Br)c2)CCC(O)C1. The van der Waals surface area contributed by atoms with Gasteiger partial charge in [0.05, 0.1) is 6.10 Å².